The number of carbonyl (C=O) groups excluding carboxylic acids is 2. The highest BCUT2D eigenvalue weighted by atomic mass is 79.9. The zero-order valence-electron chi connectivity index (χ0n) is 13.7. The molecule has 2 atom stereocenters. The zero-order valence-corrected chi connectivity index (χ0v) is 15.2. The first-order valence-electron chi connectivity index (χ1n) is 7.76. The van der Waals surface area contributed by atoms with Crippen molar-refractivity contribution in [3.8, 4) is 0 Å². The summed E-state index contributed by atoms with van der Waals surface area (Å²) in [4.78, 5) is 24.1. The summed E-state index contributed by atoms with van der Waals surface area (Å²) in [5, 5.41) is 2.72. The van der Waals surface area contributed by atoms with E-state index >= 15 is 0 Å². The van der Waals surface area contributed by atoms with Crippen molar-refractivity contribution in [1.29, 1.82) is 0 Å². The Balaban J connectivity index is 1.84. The molecule has 0 unspecified atom stereocenters. The van der Waals surface area contributed by atoms with E-state index in [0.717, 1.165) is 10.0 Å². The van der Waals surface area contributed by atoms with Crippen LogP contribution in [-0.2, 0) is 14.3 Å². The lowest BCUT2D eigenvalue weighted by atomic mass is 9.98. The van der Waals surface area contributed by atoms with Gasteiger partial charge in [0.05, 0.1) is 6.42 Å². The predicted molar refractivity (Wildman–Crippen MR) is 97.8 cm³/mol. The van der Waals surface area contributed by atoms with Gasteiger partial charge in [0.15, 0.2) is 6.10 Å². The number of rotatable bonds is 6. The van der Waals surface area contributed by atoms with Crippen LogP contribution < -0.4 is 5.32 Å². The van der Waals surface area contributed by atoms with E-state index in [9.17, 15) is 9.59 Å². The number of halogens is 1. The first-order valence-corrected chi connectivity index (χ1v) is 8.56. The molecular weight excluding hydrogens is 370 g/mol. The minimum atomic E-state index is -0.843. The van der Waals surface area contributed by atoms with Gasteiger partial charge in [0, 0.05) is 10.2 Å². The van der Waals surface area contributed by atoms with Gasteiger partial charge < -0.3 is 10.1 Å². The van der Waals surface area contributed by atoms with E-state index in [1.807, 2.05) is 49.4 Å². The van der Waals surface area contributed by atoms with Crippen LogP contribution in [0, 0.1) is 0 Å². The normalized spacial score (nSPS) is 13.0. The van der Waals surface area contributed by atoms with Gasteiger partial charge in [-0.1, -0.05) is 53.2 Å². The summed E-state index contributed by atoms with van der Waals surface area (Å²) in [5.41, 5.74) is 1.73. The van der Waals surface area contributed by atoms with Crippen molar-refractivity contribution in [2.24, 2.45) is 0 Å². The summed E-state index contributed by atoms with van der Waals surface area (Å²) < 4.78 is 6.17. The molecule has 5 heteroatoms. The van der Waals surface area contributed by atoms with Crippen LogP contribution in [0.3, 0.4) is 0 Å². The van der Waals surface area contributed by atoms with Crippen molar-refractivity contribution in [3.05, 3.63) is 64.6 Å². The SMILES string of the molecule is C[C@H](OC(=O)C[C@@H](C)c1ccccc1)C(=O)Nc1ccc(Br)cc1. The van der Waals surface area contributed by atoms with Gasteiger partial charge in [-0.3, -0.25) is 9.59 Å². The molecule has 0 aromatic heterocycles. The van der Waals surface area contributed by atoms with Crippen LogP contribution in [0.15, 0.2) is 59.1 Å². The Morgan fingerprint density at radius 3 is 2.29 bits per heavy atom. The molecule has 4 nitrogen and oxygen atoms in total. The number of esters is 1. The number of ether oxygens (including phenoxy) is 1. The molecule has 0 fully saturated rings. The standard InChI is InChI=1S/C19H20BrNO3/c1-13(15-6-4-3-5-7-15)12-18(22)24-14(2)19(23)21-17-10-8-16(20)9-11-17/h3-11,13-14H,12H2,1-2H3,(H,21,23)/t13-,14+/m1/s1. The molecular formula is C19H20BrNO3. The van der Waals surface area contributed by atoms with E-state index < -0.39 is 6.10 Å². The topological polar surface area (TPSA) is 55.4 Å². The van der Waals surface area contributed by atoms with Gasteiger partial charge in [0.1, 0.15) is 0 Å². The van der Waals surface area contributed by atoms with Gasteiger partial charge in [-0.15, -0.1) is 0 Å². The molecule has 0 saturated carbocycles. The summed E-state index contributed by atoms with van der Waals surface area (Å²) >= 11 is 3.33. The lowest BCUT2D eigenvalue weighted by Gasteiger charge is -2.16. The van der Waals surface area contributed by atoms with Crippen LogP contribution in [0.5, 0.6) is 0 Å². The fraction of sp³-hybridized carbons (Fsp3) is 0.263. The van der Waals surface area contributed by atoms with E-state index in [1.165, 1.54) is 0 Å². The van der Waals surface area contributed by atoms with E-state index in [4.69, 9.17) is 4.74 Å². The molecule has 1 amide bonds. The number of carbonyl (C=O) groups is 2. The van der Waals surface area contributed by atoms with E-state index in [1.54, 1.807) is 19.1 Å². The van der Waals surface area contributed by atoms with Gasteiger partial charge in [-0.2, -0.15) is 0 Å². The number of amides is 1. The van der Waals surface area contributed by atoms with Crippen LogP contribution in [0.1, 0.15) is 31.7 Å². The van der Waals surface area contributed by atoms with Gasteiger partial charge in [-0.25, -0.2) is 0 Å². The Kier molecular flexibility index (Phi) is 6.55. The third-order valence-electron chi connectivity index (χ3n) is 3.63. The van der Waals surface area contributed by atoms with Crippen LogP contribution in [-0.4, -0.2) is 18.0 Å². The van der Waals surface area contributed by atoms with Crippen LogP contribution in [0.2, 0.25) is 0 Å². The van der Waals surface area contributed by atoms with E-state index in [-0.39, 0.29) is 24.2 Å². The Morgan fingerprint density at radius 1 is 1.04 bits per heavy atom. The summed E-state index contributed by atoms with van der Waals surface area (Å²) in [5.74, 6) is -0.691. The molecule has 0 saturated heterocycles. The van der Waals surface area contributed by atoms with Crippen molar-refractivity contribution in [2.75, 3.05) is 5.32 Å². The zero-order chi connectivity index (χ0) is 17.5. The highest BCUT2D eigenvalue weighted by molar-refractivity contribution is 9.10. The Hall–Kier alpha value is -2.14. The largest absolute Gasteiger partial charge is 0.453 e. The minimum absolute atomic E-state index is 0.0421. The summed E-state index contributed by atoms with van der Waals surface area (Å²) in [6.07, 6.45) is -0.607. The second-order valence-corrected chi connectivity index (χ2v) is 6.56. The smallest absolute Gasteiger partial charge is 0.307 e. The Bertz CT molecular complexity index is 686. The van der Waals surface area contributed by atoms with Crippen molar-refractivity contribution < 1.29 is 14.3 Å². The van der Waals surface area contributed by atoms with Crippen molar-refractivity contribution >= 4 is 33.5 Å². The van der Waals surface area contributed by atoms with Gasteiger partial charge in [0.25, 0.3) is 5.91 Å². The molecule has 0 heterocycles. The number of hydrogen-bond donors (Lipinski definition) is 1. The second-order valence-electron chi connectivity index (χ2n) is 5.64. The van der Waals surface area contributed by atoms with Gasteiger partial charge >= 0.3 is 5.97 Å². The summed E-state index contributed by atoms with van der Waals surface area (Å²) in [6, 6.07) is 17.0. The van der Waals surface area contributed by atoms with Crippen LogP contribution in [0.25, 0.3) is 0 Å². The van der Waals surface area contributed by atoms with Crippen molar-refractivity contribution in [3.63, 3.8) is 0 Å². The average molecular weight is 390 g/mol. The molecule has 2 aromatic carbocycles. The molecule has 0 aliphatic heterocycles. The maximum absolute atomic E-state index is 12.1. The molecule has 0 spiro atoms. The highest BCUT2D eigenvalue weighted by Crippen LogP contribution is 2.19. The third kappa shape index (κ3) is 5.49. The lowest BCUT2D eigenvalue weighted by molar-refractivity contribution is -0.153. The van der Waals surface area contributed by atoms with E-state index in [0.29, 0.717) is 5.69 Å². The van der Waals surface area contributed by atoms with Crippen molar-refractivity contribution in [2.45, 2.75) is 32.3 Å². The third-order valence-corrected chi connectivity index (χ3v) is 4.16. The quantitative estimate of drug-likeness (QED) is 0.739. The molecule has 126 valence electrons. The Labute approximate surface area is 150 Å². The number of hydrogen-bond acceptors (Lipinski definition) is 3. The monoisotopic (exact) mass is 389 g/mol. The van der Waals surface area contributed by atoms with Gasteiger partial charge in [0.2, 0.25) is 0 Å². The maximum Gasteiger partial charge on any atom is 0.307 e. The molecule has 0 aliphatic rings. The molecule has 24 heavy (non-hydrogen) atoms. The molecule has 0 radical (unpaired) electrons. The molecule has 2 aromatic rings. The van der Waals surface area contributed by atoms with Gasteiger partial charge in [-0.05, 0) is 42.7 Å². The van der Waals surface area contributed by atoms with Crippen LogP contribution in [0.4, 0.5) is 5.69 Å². The second kappa shape index (κ2) is 8.64. The predicted octanol–water partition coefficient (Wildman–Crippen LogP) is 4.51. The lowest BCUT2D eigenvalue weighted by Crippen LogP contribution is -2.30. The summed E-state index contributed by atoms with van der Waals surface area (Å²) in [7, 11) is 0. The number of benzene rings is 2. The highest BCUT2D eigenvalue weighted by Gasteiger charge is 2.20. The van der Waals surface area contributed by atoms with E-state index in [2.05, 4.69) is 21.2 Å². The first-order chi connectivity index (χ1) is 11.5. The van der Waals surface area contributed by atoms with Crippen LogP contribution >= 0.6 is 15.9 Å². The molecule has 1 N–H and O–H groups in total. The number of nitrogens with one attached hydrogen (secondary N) is 1. The fourth-order valence-corrected chi connectivity index (χ4v) is 2.49. The fourth-order valence-electron chi connectivity index (χ4n) is 2.23. The number of anilines is 1. The first kappa shape index (κ1) is 18.2. The summed E-state index contributed by atoms with van der Waals surface area (Å²) in [6.45, 7) is 3.53. The van der Waals surface area contributed by atoms with Crippen molar-refractivity contribution in [1.82, 2.24) is 0 Å². The average Bonchev–Trinajstić information content (AvgIpc) is 2.57. The molecule has 2 rings (SSSR count). The Morgan fingerprint density at radius 2 is 1.67 bits per heavy atom. The molecule has 0 bridgehead atoms. The molecule has 0 aliphatic carbocycles. The minimum Gasteiger partial charge on any atom is -0.453 e. The maximum atomic E-state index is 12.1.